The van der Waals surface area contributed by atoms with Crippen LogP contribution in [0.1, 0.15) is 181 Å². The van der Waals surface area contributed by atoms with Crippen molar-refractivity contribution in [1.82, 2.24) is 5.32 Å². The summed E-state index contributed by atoms with van der Waals surface area (Å²) in [6.45, 7) is 4.14. The number of phosphoric ester groups is 1. The second kappa shape index (κ2) is 40.6. The molecule has 54 heavy (non-hydrogen) atoms. The van der Waals surface area contributed by atoms with Crippen LogP contribution in [0.4, 0.5) is 0 Å². The Kier molecular flexibility index (Phi) is 39.1. The number of rotatable bonds is 40. The number of hydrogen-bond acceptors (Lipinski definition) is 8. The Bertz CT molecular complexity index is 1030. The molecule has 10 heteroatoms. The second-order valence-corrected chi connectivity index (χ2v) is 15.6. The molecular weight excluding hydrogens is 701 g/mol. The highest BCUT2D eigenvalue weighted by Gasteiger charge is 2.26. The van der Waals surface area contributed by atoms with E-state index in [1.165, 1.54) is 83.5 Å². The third-order valence-electron chi connectivity index (χ3n) is 8.92. The van der Waals surface area contributed by atoms with Crippen LogP contribution in [0.5, 0.6) is 0 Å². The second-order valence-electron chi connectivity index (χ2n) is 14.2. The summed E-state index contributed by atoms with van der Waals surface area (Å²) >= 11 is 0. The molecule has 0 aliphatic carbocycles. The SMILES string of the molecule is CCCCCCCC/C=C\C/C=C\C/C=C\CCCC(=O)OCC(COP(=O)(O)OCCNC)OC(=O)CCCCCCC/C=C\CCCCCCCC. The first-order chi connectivity index (χ1) is 26.3. The number of unbranched alkanes of at least 4 members (excludes halogenated alkanes) is 18. The highest BCUT2D eigenvalue weighted by molar-refractivity contribution is 7.47. The quantitative estimate of drug-likeness (QED) is 0.0271. The zero-order valence-electron chi connectivity index (χ0n) is 34.7. The lowest BCUT2D eigenvalue weighted by molar-refractivity contribution is -0.161. The first-order valence-electron chi connectivity index (χ1n) is 21.6. The molecule has 0 aromatic heterocycles. The molecule has 0 heterocycles. The zero-order chi connectivity index (χ0) is 39.6. The first kappa shape index (κ1) is 52.0. The average molecular weight is 782 g/mol. The summed E-state index contributed by atoms with van der Waals surface area (Å²) in [6, 6.07) is 0. The van der Waals surface area contributed by atoms with Gasteiger partial charge in [0.1, 0.15) is 6.61 Å². The van der Waals surface area contributed by atoms with Crippen molar-refractivity contribution in [2.45, 2.75) is 187 Å². The van der Waals surface area contributed by atoms with Gasteiger partial charge in [-0.15, -0.1) is 0 Å². The minimum absolute atomic E-state index is 0.0271. The highest BCUT2D eigenvalue weighted by Crippen LogP contribution is 2.43. The van der Waals surface area contributed by atoms with E-state index in [0.29, 0.717) is 19.4 Å². The molecule has 314 valence electrons. The summed E-state index contributed by atoms with van der Waals surface area (Å²) in [7, 11) is -2.67. The smallest absolute Gasteiger partial charge is 0.462 e. The van der Waals surface area contributed by atoms with Gasteiger partial charge in [-0.1, -0.05) is 146 Å². The maximum absolute atomic E-state index is 12.6. The number of hydrogen-bond donors (Lipinski definition) is 2. The van der Waals surface area contributed by atoms with E-state index in [0.717, 1.165) is 57.8 Å². The predicted octanol–water partition coefficient (Wildman–Crippen LogP) is 12.2. The first-order valence-corrected chi connectivity index (χ1v) is 23.1. The van der Waals surface area contributed by atoms with Crippen LogP contribution in [0.25, 0.3) is 0 Å². The molecule has 0 amide bonds. The lowest BCUT2D eigenvalue weighted by atomic mass is 10.1. The van der Waals surface area contributed by atoms with E-state index in [1.807, 2.05) is 0 Å². The number of phosphoric acid groups is 1. The largest absolute Gasteiger partial charge is 0.472 e. The summed E-state index contributed by atoms with van der Waals surface area (Å²) in [5.41, 5.74) is 0. The number of carbonyl (C=O) groups is 2. The Morgan fingerprint density at radius 2 is 1.02 bits per heavy atom. The monoisotopic (exact) mass is 782 g/mol. The van der Waals surface area contributed by atoms with Gasteiger partial charge in [-0.05, 0) is 77.7 Å². The molecule has 2 N–H and O–H groups in total. The van der Waals surface area contributed by atoms with Gasteiger partial charge in [-0.25, -0.2) is 4.57 Å². The Balaban J connectivity index is 4.33. The number of allylic oxidation sites excluding steroid dienone is 8. The molecular formula is C44H80NO8P. The highest BCUT2D eigenvalue weighted by atomic mass is 31.2. The molecule has 0 aliphatic heterocycles. The van der Waals surface area contributed by atoms with E-state index in [4.69, 9.17) is 18.5 Å². The van der Waals surface area contributed by atoms with Crippen LogP contribution < -0.4 is 5.32 Å². The maximum atomic E-state index is 12.6. The number of esters is 2. The molecule has 0 fully saturated rings. The molecule has 2 unspecified atom stereocenters. The van der Waals surface area contributed by atoms with E-state index in [9.17, 15) is 19.0 Å². The van der Waals surface area contributed by atoms with Gasteiger partial charge in [0.15, 0.2) is 6.10 Å². The number of likely N-dealkylation sites (N-methyl/N-ethyl adjacent to an activating group) is 1. The van der Waals surface area contributed by atoms with E-state index >= 15 is 0 Å². The van der Waals surface area contributed by atoms with Gasteiger partial charge in [0.05, 0.1) is 13.2 Å². The van der Waals surface area contributed by atoms with Crippen LogP contribution in [0.2, 0.25) is 0 Å². The summed E-state index contributed by atoms with van der Waals surface area (Å²) in [6.07, 6.45) is 44.5. The van der Waals surface area contributed by atoms with Crippen molar-refractivity contribution in [3.8, 4) is 0 Å². The maximum Gasteiger partial charge on any atom is 0.472 e. The Morgan fingerprint density at radius 3 is 1.56 bits per heavy atom. The summed E-state index contributed by atoms with van der Waals surface area (Å²) in [4.78, 5) is 35.0. The lowest BCUT2D eigenvalue weighted by Crippen LogP contribution is -2.29. The fourth-order valence-electron chi connectivity index (χ4n) is 5.62. The number of nitrogens with one attached hydrogen (secondary N) is 1. The molecule has 0 aromatic rings. The Hall–Kier alpha value is -2.03. The lowest BCUT2D eigenvalue weighted by Gasteiger charge is -2.20. The van der Waals surface area contributed by atoms with Crippen LogP contribution in [-0.2, 0) is 32.7 Å². The van der Waals surface area contributed by atoms with Crippen molar-refractivity contribution in [2.75, 3.05) is 33.4 Å². The normalized spacial score (nSPS) is 13.8. The molecule has 0 aliphatic rings. The third kappa shape index (κ3) is 39.7. The van der Waals surface area contributed by atoms with Crippen molar-refractivity contribution < 1.29 is 37.6 Å². The van der Waals surface area contributed by atoms with Gasteiger partial charge in [-0.2, -0.15) is 0 Å². The van der Waals surface area contributed by atoms with Gasteiger partial charge in [0, 0.05) is 19.4 Å². The standard InChI is InChI=1S/C44H80NO8P/c1-4-6-8-10-12-14-16-18-20-21-23-24-26-28-30-32-34-36-43(46)50-40-42(41-52-54(48,49)51-39-38-45-3)53-44(47)37-35-33-31-29-27-25-22-19-17-15-13-11-9-7-5-2/h18-20,22-24,28,30,42,45H,4-17,21,25-27,29,31-41H2,1-3H3,(H,48,49)/b20-18-,22-19-,24-23-,30-28-. The Morgan fingerprint density at radius 1 is 0.574 bits per heavy atom. The molecule has 0 bridgehead atoms. The molecule has 2 atom stereocenters. The van der Waals surface area contributed by atoms with Crippen molar-refractivity contribution in [3.63, 3.8) is 0 Å². The molecule has 0 saturated carbocycles. The average Bonchev–Trinajstić information content (AvgIpc) is 3.15. The molecule has 0 radical (unpaired) electrons. The van der Waals surface area contributed by atoms with Crippen LogP contribution in [0, 0.1) is 0 Å². The predicted molar refractivity (Wildman–Crippen MR) is 224 cm³/mol. The fourth-order valence-corrected chi connectivity index (χ4v) is 6.37. The van der Waals surface area contributed by atoms with Gasteiger partial charge in [0.25, 0.3) is 0 Å². The van der Waals surface area contributed by atoms with E-state index in [-0.39, 0.29) is 26.1 Å². The van der Waals surface area contributed by atoms with E-state index in [2.05, 4.69) is 67.8 Å². The molecule has 0 aromatic carbocycles. The van der Waals surface area contributed by atoms with Gasteiger partial charge in [-0.3, -0.25) is 18.6 Å². The van der Waals surface area contributed by atoms with Gasteiger partial charge < -0.3 is 19.7 Å². The summed E-state index contributed by atoms with van der Waals surface area (Å²) < 4.78 is 33.1. The van der Waals surface area contributed by atoms with Crippen molar-refractivity contribution >= 4 is 19.8 Å². The van der Waals surface area contributed by atoms with Crippen LogP contribution in [-0.4, -0.2) is 56.3 Å². The summed E-state index contributed by atoms with van der Waals surface area (Å²) in [5, 5.41) is 2.82. The van der Waals surface area contributed by atoms with E-state index < -0.39 is 32.5 Å². The van der Waals surface area contributed by atoms with Gasteiger partial charge in [0.2, 0.25) is 0 Å². The minimum atomic E-state index is -4.36. The molecule has 0 spiro atoms. The van der Waals surface area contributed by atoms with Crippen LogP contribution in [0.3, 0.4) is 0 Å². The topological polar surface area (TPSA) is 120 Å². The molecule has 9 nitrogen and oxygen atoms in total. The summed E-state index contributed by atoms with van der Waals surface area (Å²) in [5.74, 6) is -0.878. The van der Waals surface area contributed by atoms with Crippen molar-refractivity contribution in [3.05, 3.63) is 48.6 Å². The Labute approximate surface area is 330 Å². The van der Waals surface area contributed by atoms with E-state index in [1.54, 1.807) is 7.05 Å². The number of ether oxygens (including phenoxy) is 2. The third-order valence-corrected chi connectivity index (χ3v) is 9.91. The number of carbonyl (C=O) groups excluding carboxylic acids is 2. The van der Waals surface area contributed by atoms with Crippen molar-refractivity contribution in [1.29, 1.82) is 0 Å². The van der Waals surface area contributed by atoms with Crippen LogP contribution >= 0.6 is 7.82 Å². The van der Waals surface area contributed by atoms with Gasteiger partial charge >= 0.3 is 19.8 Å². The van der Waals surface area contributed by atoms with Crippen LogP contribution in [0.15, 0.2) is 48.6 Å². The fraction of sp³-hybridized carbons (Fsp3) is 0.773. The zero-order valence-corrected chi connectivity index (χ0v) is 35.6. The molecule has 0 saturated heterocycles. The van der Waals surface area contributed by atoms with Crippen molar-refractivity contribution in [2.24, 2.45) is 0 Å². The molecule has 0 rings (SSSR count). The minimum Gasteiger partial charge on any atom is -0.462 e.